The molecule has 1 N–H and O–H groups in total. The summed E-state index contributed by atoms with van der Waals surface area (Å²) in [5.41, 5.74) is 5.53. The van der Waals surface area contributed by atoms with Crippen molar-refractivity contribution in [3.63, 3.8) is 0 Å². The number of hydrogen-bond acceptors (Lipinski definition) is 8. The van der Waals surface area contributed by atoms with Gasteiger partial charge in [-0.25, -0.2) is 18.4 Å². The first-order valence-electron chi connectivity index (χ1n) is 8.25. The van der Waals surface area contributed by atoms with Crippen LogP contribution in [0.25, 0.3) is 20.7 Å². The highest BCUT2D eigenvalue weighted by Gasteiger charge is 2.11. The van der Waals surface area contributed by atoms with Gasteiger partial charge >= 0.3 is 0 Å². The molecule has 0 aliphatic heterocycles. The first-order chi connectivity index (χ1) is 13.5. The van der Waals surface area contributed by atoms with Gasteiger partial charge in [0.05, 0.1) is 21.3 Å². The van der Waals surface area contributed by atoms with Crippen LogP contribution in [0.4, 0.5) is 5.82 Å². The van der Waals surface area contributed by atoms with Crippen molar-refractivity contribution in [2.45, 2.75) is 4.90 Å². The van der Waals surface area contributed by atoms with E-state index < -0.39 is 9.84 Å². The van der Waals surface area contributed by atoms with Crippen LogP contribution in [0.15, 0.2) is 71.2 Å². The van der Waals surface area contributed by atoms with Gasteiger partial charge in [0.1, 0.15) is 6.33 Å². The van der Waals surface area contributed by atoms with E-state index in [1.165, 1.54) is 23.9 Å². The number of nitrogens with one attached hydrogen (secondary N) is 1. The molecule has 0 saturated carbocycles. The van der Waals surface area contributed by atoms with Crippen molar-refractivity contribution in [1.82, 2.24) is 15.0 Å². The third-order valence-electron chi connectivity index (χ3n) is 3.95. The molecule has 3 aromatic heterocycles. The predicted octanol–water partition coefficient (Wildman–Crippen LogP) is 3.60. The van der Waals surface area contributed by atoms with Gasteiger partial charge in [0.15, 0.2) is 15.7 Å². The van der Waals surface area contributed by atoms with Crippen molar-refractivity contribution in [3.8, 4) is 10.4 Å². The Morgan fingerprint density at radius 1 is 1.14 bits per heavy atom. The van der Waals surface area contributed by atoms with Crippen LogP contribution in [-0.2, 0) is 9.84 Å². The van der Waals surface area contributed by atoms with Gasteiger partial charge in [0.2, 0.25) is 0 Å². The van der Waals surface area contributed by atoms with Gasteiger partial charge in [0, 0.05) is 29.1 Å². The average molecular weight is 409 g/mol. The van der Waals surface area contributed by atoms with Crippen molar-refractivity contribution in [2.24, 2.45) is 5.10 Å². The number of hydrazone groups is 1. The Kier molecular flexibility index (Phi) is 4.84. The summed E-state index contributed by atoms with van der Waals surface area (Å²) in [4.78, 5) is 13.9. The molecule has 7 nitrogen and oxygen atoms in total. The van der Waals surface area contributed by atoms with Crippen LogP contribution in [-0.4, -0.2) is 35.8 Å². The Hall–Kier alpha value is -3.17. The van der Waals surface area contributed by atoms with E-state index >= 15 is 0 Å². The molecule has 3 heterocycles. The smallest absolute Gasteiger partial charge is 0.175 e. The standard InChI is InChI=1S/C19H15N5O2S2/c1-28(25,26)15-6-4-14(5-7-15)17-9-16-18(27-17)19(22-12-21-16)24-23-11-13-3-2-8-20-10-13/h2-12H,1H3,(H,21,22,24). The number of sulfone groups is 1. The molecule has 0 unspecified atom stereocenters. The van der Waals surface area contributed by atoms with Crippen LogP contribution in [0.1, 0.15) is 5.56 Å². The maximum Gasteiger partial charge on any atom is 0.175 e. The largest absolute Gasteiger partial charge is 0.264 e. The molecule has 9 heteroatoms. The van der Waals surface area contributed by atoms with E-state index in [0.717, 1.165) is 26.2 Å². The van der Waals surface area contributed by atoms with Crippen LogP contribution in [0.2, 0.25) is 0 Å². The zero-order chi connectivity index (χ0) is 19.6. The predicted molar refractivity (Wildman–Crippen MR) is 111 cm³/mol. The summed E-state index contributed by atoms with van der Waals surface area (Å²) in [6.07, 6.45) is 7.76. The number of anilines is 1. The SMILES string of the molecule is CS(=O)(=O)c1ccc(-c2cc3ncnc(NN=Cc4cccnc4)c3s2)cc1. The highest BCUT2D eigenvalue weighted by Crippen LogP contribution is 2.35. The fourth-order valence-corrected chi connectivity index (χ4v) is 4.25. The maximum atomic E-state index is 11.6. The highest BCUT2D eigenvalue weighted by atomic mass is 32.2. The van der Waals surface area contributed by atoms with E-state index in [2.05, 4.69) is 25.5 Å². The lowest BCUT2D eigenvalue weighted by molar-refractivity contribution is 0.602. The Morgan fingerprint density at radius 3 is 2.68 bits per heavy atom. The van der Waals surface area contributed by atoms with Crippen LogP contribution in [0.3, 0.4) is 0 Å². The molecule has 0 atom stereocenters. The van der Waals surface area contributed by atoms with E-state index in [9.17, 15) is 8.42 Å². The molecule has 0 fully saturated rings. The molecule has 0 spiro atoms. The lowest BCUT2D eigenvalue weighted by Gasteiger charge is -2.00. The molecule has 0 aliphatic rings. The summed E-state index contributed by atoms with van der Waals surface area (Å²) in [6.45, 7) is 0. The molecule has 0 radical (unpaired) electrons. The summed E-state index contributed by atoms with van der Waals surface area (Å²) in [5.74, 6) is 0.606. The van der Waals surface area contributed by atoms with Crippen molar-refractivity contribution in [3.05, 3.63) is 66.7 Å². The van der Waals surface area contributed by atoms with Gasteiger partial charge in [0.25, 0.3) is 0 Å². The number of nitrogens with zero attached hydrogens (tertiary/aromatic N) is 4. The van der Waals surface area contributed by atoms with E-state index in [1.54, 1.807) is 42.9 Å². The lowest BCUT2D eigenvalue weighted by Crippen LogP contribution is -1.95. The zero-order valence-corrected chi connectivity index (χ0v) is 16.4. The Bertz CT molecular complexity index is 1250. The Morgan fingerprint density at radius 2 is 1.96 bits per heavy atom. The summed E-state index contributed by atoms with van der Waals surface area (Å²) < 4.78 is 24.1. The number of hydrogen-bond donors (Lipinski definition) is 1. The molecule has 1 aromatic carbocycles. The second-order valence-electron chi connectivity index (χ2n) is 6.00. The minimum Gasteiger partial charge on any atom is -0.264 e. The van der Waals surface area contributed by atoms with E-state index in [0.29, 0.717) is 10.7 Å². The number of fused-ring (bicyclic) bond motifs is 1. The fourth-order valence-electron chi connectivity index (χ4n) is 2.56. The molecule has 0 saturated heterocycles. The van der Waals surface area contributed by atoms with E-state index in [-0.39, 0.29) is 0 Å². The minimum atomic E-state index is -3.22. The second kappa shape index (κ2) is 7.45. The molecule has 28 heavy (non-hydrogen) atoms. The highest BCUT2D eigenvalue weighted by molar-refractivity contribution is 7.90. The number of benzene rings is 1. The minimum absolute atomic E-state index is 0.296. The van der Waals surface area contributed by atoms with Crippen molar-refractivity contribution in [2.75, 3.05) is 11.7 Å². The lowest BCUT2D eigenvalue weighted by atomic mass is 10.2. The Balaban J connectivity index is 1.63. The van der Waals surface area contributed by atoms with Gasteiger partial charge in [-0.2, -0.15) is 5.10 Å². The fraction of sp³-hybridized carbons (Fsp3) is 0.0526. The summed E-state index contributed by atoms with van der Waals surface area (Å²) >= 11 is 1.51. The topological polar surface area (TPSA) is 97.2 Å². The summed E-state index contributed by atoms with van der Waals surface area (Å²) in [6, 6.07) is 12.5. The molecular formula is C19H15N5O2S2. The van der Waals surface area contributed by atoms with Crippen LogP contribution < -0.4 is 5.43 Å². The zero-order valence-electron chi connectivity index (χ0n) is 14.8. The molecule has 4 aromatic rings. The van der Waals surface area contributed by atoms with Crippen molar-refractivity contribution < 1.29 is 8.42 Å². The van der Waals surface area contributed by atoms with E-state index in [4.69, 9.17) is 0 Å². The molecule has 4 rings (SSSR count). The Labute approximate surface area is 165 Å². The second-order valence-corrected chi connectivity index (χ2v) is 9.07. The molecule has 0 amide bonds. The van der Waals surface area contributed by atoms with E-state index in [1.807, 2.05) is 18.2 Å². The molecular weight excluding hydrogens is 394 g/mol. The van der Waals surface area contributed by atoms with Crippen molar-refractivity contribution >= 4 is 43.4 Å². The summed E-state index contributed by atoms with van der Waals surface area (Å²) in [5, 5.41) is 4.22. The molecule has 0 aliphatic carbocycles. The number of pyridine rings is 1. The van der Waals surface area contributed by atoms with Gasteiger partial charge in [-0.3, -0.25) is 10.4 Å². The van der Waals surface area contributed by atoms with Crippen molar-refractivity contribution in [1.29, 1.82) is 0 Å². The molecule has 140 valence electrons. The first kappa shape index (κ1) is 18.2. The first-order valence-corrected chi connectivity index (χ1v) is 11.0. The third kappa shape index (κ3) is 3.90. The number of rotatable bonds is 5. The average Bonchev–Trinajstić information content (AvgIpc) is 3.13. The summed E-state index contributed by atoms with van der Waals surface area (Å²) in [7, 11) is -3.22. The van der Waals surface area contributed by atoms with Gasteiger partial charge in [-0.15, -0.1) is 11.3 Å². The quantitative estimate of drug-likeness (QED) is 0.399. The number of thiophene rings is 1. The molecule has 0 bridgehead atoms. The van der Waals surface area contributed by atoms with Gasteiger partial charge in [-0.1, -0.05) is 18.2 Å². The normalized spacial score (nSPS) is 11.9. The van der Waals surface area contributed by atoms with Gasteiger partial charge in [-0.05, 0) is 29.8 Å². The van der Waals surface area contributed by atoms with Crippen LogP contribution >= 0.6 is 11.3 Å². The van der Waals surface area contributed by atoms with Crippen LogP contribution in [0.5, 0.6) is 0 Å². The maximum absolute atomic E-state index is 11.6. The third-order valence-corrected chi connectivity index (χ3v) is 6.26. The number of aromatic nitrogens is 3. The monoisotopic (exact) mass is 409 g/mol. The van der Waals surface area contributed by atoms with Gasteiger partial charge < -0.3 is 0 Å². The van der Waals surface area contributed by atoms with Crippen LogP contribution in [0, 0.1) is 0 Å².